The fourth-order valence-corrected chi connectivity index (χ4v) is 5.23. The van der Waals surface area contributed by atoms with Crippen LogP contribution in [0.15, 0.2) is 84.1 Å². The summed E-state index contributed by atoms with van der Waals surface area (Å²) in [5, 5.41) is 3.01. The van der Waals surface area contributed by atoms with E-state index < -0.39 is 0 Å². The molecule has 1 aliphatic heterocycles. The van der Waals surface area contributed by atoms with Crippen LogP contribution in [0, 0.1) is 0 Å². The molecule has 2 aliphatic rings. The third-order valence-electron chi connectivity index (χ3n) is 6.92. The summed E-state index contributed by atoms with van der Waals surface area (Å²) in [5.41, 5.74) is 5.78. The second-order valence-electron chi connectivity index (χ2n) is 9.06. The number of nitrogens with one attached hydrogen (secondary N) is 1. The quantitative estimate of drug-likeness (QED) is 0.500. The van der Waals surface area contributed by atoms with Crippen LogP contribution in [0.4, 0.5) is 0 Å². The Balaban J connectivity index is 1.43. The molecule has 2 unspecified atom stereocenters. The fourth-order valence-electron chi connectivity index (χ4n) is 5.23. The topological polar surface area (TPSA) is 64.6 Å². The number of ketones is 1. The highest BCUT2D eigenvalue weighted by atomic mass is 16.5. The minimum absolute atomic E-state index is 0.0228. The van der Waals surface area contributed by atoms with Crippen LogP contribution in [-0.2, 0) is 9.59 Å². The van der Waals surface area contributed by atoms with E-state index in [9.17, 15) is 9.59 Å². The minimum atomic E-state index is -0.216. The first kappa shape index (κ1) is 22.9. The monoisotopic (exact) mass is 467 g/mol. The predicted molar refractivity (Wildman–Crippen MR) is 136 cm³/mol. The van der Waals surface area contributed by atoms with E-state index in [-0.39, 0.29) is 29.9 Å². The lowest BCUT2D eigenvalue weighted by atomic mass is 9.73. The van der Waals surface area contributed by atoms with Crippen molar-refractivity contribution in [1.29, 1.82) is 0 Å². The Morgan fingerprint density at radius 2 is 1.54 bits per heavy atom. The molecule has 1 amide bonds. The molecule has 1 N–H and O–H groups in total. The van der Waals surface area contributed by atoms with E-state index in [1.165, 1.54) is 0 Å². The van der Waals surface area contributed by atoms with E-state index in [1.54, 1.807) is 7.11 Å². The van der Waals surface area contributed by atoms with E-state index >= 15 is 0 Å². The minimum Gasteiger partial charge on any atom is -0.493 e. The maximum atomic E-state index is 13.4. The number of amides is 1. The molecule has 0 radical (unpaired) electrons. The van der Waals surface area contributed by atoms with E-state index in [1.807, 2.05) is 55.5 Å². The Kier molecular flexibility index (Phi) is 6.41. The average molecular weight is 468 g/mol. The molecule has 178 valence electrons. The van der Waals surface area contributed by atoms with Crippen LogP contribution in [0.2, 0.25) is 0 Å². The highest BCUT2D eigenvalue weighted by Gasteiger charge is 2.38. The first-order chi connectivity index (χ1) is 17.1. The Bertz CT molecular complexity index is 1280. The second-order valence-corrected chi connectivity index (χ2v) is 9.06. The van der Waals surface area contributed by atoms with Gasteiger partial charge < -0.3 is 14.8 Å². The van der Waals surface area contributed by atoms with Crippen LogP contribution in [0.5, 0.6) is 11.5 Å². The van der Waals surface area contributed by atoms with Gasteiger partial charge in [-0.1, -0.05) is 60.7 Å². The Morgan fingerprint density at radius 3 is 2.26 bits per heavy atom. The molecule has 5 heteroatoms. The molecule has 5 nitrogen and oxygen atoms in total. The van der Waals surface area contributed by atoms with Crippen molar-refractivity contribution in [3.63, 3.8) is 0 Å². The number of hydrogen-bond donors (Lipinski definition) is 1. The van der Waals surface area contributed by atoms with E-state index in [4.69, 9.17) is 9.47 Å². The third-order valence-corrected chi connectivity index (χ3v) is 6.92. The van der Waals surface area contributed by atoms with Gasteiger partial charge in [0, 0.05) is 30.0 Å². The van der Waals surface area contributed by atoms with Gasteiger partial charge >= 0.3 is 0 Å². The van der Waals surface area contributed by atoms with E-state index in [2.05, 4.69) is 29.6 Å². The summed E-state index contributed by atoms with van der Waals surface area (Å²) in [6.07, 6.45) is 1.31. The normalized spacial score (nSPS) is 19.7. The Labute approximate surface area is 205 Å². The van der Waals surface area contributed by atoms with Gasteiger partial charge in [0.25, 0.3) is 0 Å². The molecule has 0 fully saturated rings. The molecule has 1 aliphatic carbocycles. The molecule has 0 bridgehead atoms. The van der Waals surface area contributed by atoms with Crippen LogP contribution >= 0.6 is 0 Å². The summed E-state index contributed by atoms with van der Waals surface area (Å²) < 4.78 is 11.1. The molecule has 0 saturated carbocycles. The first-order valence-corrected chi connectivity index (χ1v) is 12.1. The maximum Gasteiger partial charge on any atom is 0.225 e. The molecule has 3 aromatic rings. The van der Waals surface area contributed by atoms with Crippen LogP contribution in [0.3, 0.4) is 0 Å². The predicted octanol–water partition coefficient (Wildman–Crippen LogP) is 5.77. The summed E-state index contributed by atoms with van der Waals surface area (Å²) >= 11 is 0. The van der Waals surface area contributed by atoms with Crippen molar-refractivity contribution in [2.24, 2.45) is 0 Å². The molecule has 0 aromatic heterocycles. The van der Waals surface area contributed by atoms with Gasteiger partial charge in [0.05, 0.1) is 13.7 Å². The highest BCUT2D eigenvalue weighted by Crippen LogP contribution is 2.44. The second kappa shape index (κ2) is 9.79. The third kappa shape index (κ3) is 4.59. The zero-order chi connectivity index (χ0) is 24.4. The zero-order valence-electron chi connectivity index (χ0n) is 20.0. The number of carbonyl (C=O) groups excluding carboxylic acids is 2. The number of methoxy groups -OCH3 is 1. The number of Topliss-reactive ketones (excluding diaryl/α,β-unsaturated/α-hetero) is 1. The van der Waals surface area contributed by atoms with E-state index in [0.717, 1.165) is 33.5 Å². The molecular formula is C30H29NO4. The number of benzene rings is 3. The summed E-state index contributed by atoms with van der Waals surface area (Å²) in [4.78, 5) is 26.1. The van der Waals surface area contributed by atoms with Crippen LogP contribution in [-0.4, -0.2) is 25.4 Å². The molecule has 35 heavy (non-hydrogen) atoms. The van der Waals surface area contributed by atoms with Gasteiger partial charge in [0.1, 0.15) is 0 Å². The van der Waals surface area contributed by atoms with Crippen LogP contribution in [0.25, 0.3) is 11.1 Å². The van der Waals surface area contributed by atoms with Gasteiger partial charge in [-0.2, -0.15) is 0 Å². The van der Waals surface area contributed by atoms with Crippen LogP contribution < -0.4 is 14.8 Å². The average Bonchev–Trinajstić information content (AvgIpc) is 2.89. The Hall–Kier alpha value is -3.86. The van der Waals surface area contributed by atoms with Crippen molar-refractivity contribution in [1.82, 2.24) is 5.32 Å². The van der Waals surface area contributed by atoms with Crippen molar-refractivity contribution >= 4 is 11.7 Å². The highest BCUT2D eigenvalue weighted by molar-refractivity contribution is 6.02. The summed E-state index contributed by atoms with van der Waals surface area (Å²) in [6.45, 7) is 2.48. The van der Waals surface area contributed by atoms with Gasteiger partial charge in [-0.25, -0.2) is 0 Å². The molecule has 1 heterocycles. The van der Waals surface area contributed by atoms with Gasteiger partial charge in [-0.05, 0) is 53.6 Å². The number of ether oxygens (including phenoxy) is 2. The number of allylic oxidation sites excluding steroid dienone is 2. The molecule has 2 atom stereocenters. The molecule has 0 saturated heterocycles. The number of rotatable bonds is 6. The smallest absolute Gasteiger partial charge is 0.225 e. The summed E-state index contributed by atoms with van der Waals surface area (Å²) in [7, 11) is 1.61. The summed E-state index contributed by atoms with van der Waals surface area (Å²) in [6, 6.07) is 24.2. The van der Waals surface area contributed by atoms with Crippen molar-refractivity contribution in [3.05, 3.63) is 95.2 Å². The van der Waals surface area contributed by atoms with Gasteiger partial charge in [-0.3, -0.25) is 9.59 Å². The molecule has 0 spiro atoms. The molecule has 5 rings (SSSR count). The van der Waals surface area contributed by atoms with Gasteiger partial charge in [0.15, 0.2) is 17.3 Å². The van der Waals surface area contributed by atoms with Crippen LogP contribution in [0.1, 0.15) is 49.1 Å². The summed E-state index contributed by atoms with van der Waals surface area (Å²) in [5.74, 6) is 1.16. The first-order valence-electron chi connectivity index (χ1n) is 12.1. The van der Waals surface area contributed by atoms with Gasteiger partial charge in [-0.15, -0.1) is 0 Å². The van der Waals surface area contributed by atoms with Crippen molar-refractivity contribution < 1.29 is 19.1 Å². The lowest BCUT2D eigenvalue weighted by Gasteiger charge is -2.34. The van der Waals surface area contributed by atoms with Crippen molar-refractivity contribution in [2.75, 3.05) is 13.7 Å². The molecule has 3 aromatic carbocycles. The fraction of sp³-hybridized carbons (Fsp3) is 0.267. The lowest BCUT2D eigenvalue weighted by Crippen LogP contribution is -2.38. The standard InChI is InChI=1S/C30H29NO4/c1-3-35-27-14-13-22(17-28(27)34-2)23-15-25-30(26(32)16-23)24(18-29(33)31-25)21-11-9-20(10-12-21)19-7-5-4-6-8-19/h4-14,17,23-24H,3,15-16,18H2,1-2H3,(H,31,33). The Morgan fingerprint density at radius 1 is 0.829 bits per heavy atom. The maximum absolute atomic E-state index is 13.4. The lowest BCUT2D eigenvalue weighted by molar-refractivity contribution is -0.122. The van der Waals surface area contributed by atoms with Crippen molar-refractivity contribution in [3.8, 4) is 22.6 Å². The van der Waals surface area contributed by atoms with Gasteiger partial charge in [0.2, 0.25) is 5.91 Å². The number of carbonyl (C=O) groups is 2. The van der Waals surface area contributed by atoms with Crippen molar-refractivity contribution in [2.45, 2.75) is 38.0 Å². The number of hydrogen-bond acceptors (Lipinski definition) is 4. The SMILES string of the molecule is CCOc1ccc(C2CC(=O)C3=C(C2)NC(=O)CC3c2ccc(-c3ccccc3)cc2)cc1OC. The largest absolute Gasteiger partial charge is 0.493 e. The zero-order valence-corrected chi connectivity index (χ0v) is 20.0. The van der Waals surface area contributed by atoms with E-state index in [0.29, 0.717) is 30.9 Å². The molecular weight excluding hydrogens is 438 g/mol.